The Kier molecular flexibility index (Phi) is 5.64. The molecule has 0 radical (unpaired) electrons. The number of ether oxygens (including phenoxy) is 1. The van der Waals surface area contributed by atoms with Crippen LogP contribution < -0.4 is 10.1 Å². The smallest absolute Gasteiger partial charge is 0.287 e. The van der Waals surface area contributed by atoms with Gasteiger partial charge in [-0.2, -0.15) is 0 Å². The third kappa shape index (κ3) is 4.14. The zero-order valence-electron chi connectivity index (χ0n) is 16.4. The number of hydrogen-bond donors (Lipinski definition) is 1. The van der Waals surface area contributed by atoms with E-state index in [-0.39, 0.29) is 23.5 Å². The van der Waals surface area contributed by atoms with Gasteiger partial charge in [0.2, 0.25) is 0 Å². The summed E-state index contributed by atoms with van der Waals surface area (Å²) in [6.07, 6.45) is 0. The number of nitrogens with one attached hydrogen (secondary N) is 1. The second kappa shape index (κ2) is 8.13. The molecule has 0 bridgehead atoms. The van der Waals surface area contributed by atoms with Crippen molar-refractivity contribution in [1.82, 2.24) is 5.32 Å². The molecule has 3 aromatic rings. The summed E-state index contributed by atoms with van der Waals surface area (Å²) >= 11 is 0. The first-order valence-corrected chi connectivity index (χ1v) is 9.05. The standard InChI is InChI=1S/C23H23NO4/c1-14-5-10-21(27-4)19(13-14)15(2)24-23(26)22-12-11-20(28-22)18-8-6-17(7-9-18)16(3)25/h5-13,15H,1-4H3,(H,24,26). The van der Waals surface area contributed by atoms with Crippen molar-refractivity contribution in [2.45, 2.75) is 26.8 Å². The molecule has 1 amide bonds. The zero-order valence-corrected chi connectivity index (χ0v) is 16.4. The highest BCUT2D eigenvalue weighted by molar-refractivity contribution is 5.94. The molecular weight excluding hydrogens is 354 g/mol. The van der Waals surface area contributed by atoms with Crippen LogP contribution in [0.1, 0.15) is 51.9 Å². The van der Waals surface area contributed by atoms with Gasteiger partial charge in [-0.15, -0.1) is 0 Å². The van der Waals surface area contributed by atoms with Crippen LogP contribution >= 0.6 is 0 Å². The summed E-state index contributed by atoms with van der Waals surface area (Å²) in [5, 5.41) is 2.95. The van der Waals surface area contributed by atoms with Crippen molar-refractivity contribution in [1.29, 1.82) is 0 Å². The lowest BCUT2D eigenvalue weighted by molar-refractivity contribution is 0.0911. The number of amides is 1. The average Bonchev–Trinajstić information content (AvgIpc) is 3.18. The van der Waals surface area contributed by atoms with E-state index in [1.807, 2.05) is 32.0 Å². The molecule has 5 nitrogen and oxygen atoms in total. The Balaban J connectivity index is 1.75. The molecule has 1 heterocycles. The van der Waals surface area contributed by atoms with Crippen molar-refractivity contribution in [3.05, 3.63) is 77.0 Å². The predicted molar refractivity (Wildman–Crippen MR) is 108 cm³/mol. The van der Waals surface area contributed by atoms with Crippen molar-refractivity contribution in [3.8, 4) is 17.1 Å². The van der Waals surface area contributed by atoms with Crippen LogP contribution in [0.15, 0.2) is 59.0 Å². The van der Waals surface area contributed by atoms with Crippen LogP contribution in [-0.4, -0.2) is 18.8 Å². The fraction of sp³-hybridized carbons (Fsp3) is 0.217. The maximum absolute atomic E-state index is 12.6. The summed E-state index contributed by atoms with van der Waals surface area (Å²) in [4.78, 5) is 24.0. The predicted octanol–water partition coefficient (Wildman–Crippen LogP) is 4.96. The molecule has 0 aliphatic heterocycles. The summed E-state index contributed by atoms with van der Waals surface area (Å²) in [5.74, 6) is 1.23. The average molecular weight is 377 g/mol. The van der Waals surface area contributed by atoms with Gasteiger partial charge < -0.3 is 14.5 Å². The van der Waals surface area contributed by atoms with Gasteiger partial charge in [-0.25, -0.2) is 0 Å². The molecule has 3 rings (SSSR count). The number of carbonyl (C=O) groups is 2. The second-order valence-corrected chi connectivity index (χ2v) is 6.74. The lowest BCUT2D eigenvalue weighted by Gasteiger charge is -2.17. The molecule has 0 saturated carbocycles. The van der Waals surface area contributed by atoms with Gasteiger partial charge in [0.25, 0.3) is 5.91 Å². The van der Waals surface area contributed by atoms with Crippen LogP contribution in [-0.2, 0) is 0 Å². The molecule has 1 unspecified atom stereocenters. The van der Waals surface area contributed by atoms with Crippen LogP contribution in [0, 0.1) is 6.92 Å². The first-order chi connectivity index (χ1) is 13.4. The van der Waals surface area contributed by atoms with Gasteiger partial charge in [0.15, 0.2) is 11.5 Å². The highest BCUT2D eigenvalue weighted by Gasteiger charge is 2.18. The number of benzene rings is 2. The van der Waals surface area contributed by atoms with Gasteiger partial charge in [0, 0.05) is 16.7 Å². The Labute approximate surface area is 164 Å². The normalized spacial score (nSPS) is 11.7. The molecule has 144 valence electrons. The number of ketones is 1. The Morgan fingerprint density at radius 2 is 1.75 bits per heavy atom. The van der Waals surface area contributed by atoms with E-state index in [2.05, 4.69) is 5.32 Å². The molecule has 0 aliphatic rings. The molecule has 1 aromatic heterocycles. The fourth-order valence-electron chi connectivity index (χ4n) is 3.02. The topological polar surface area (TPSA) is 68.5 Å². The van der Waals surface area contributed by atoms with E-state index >= 15 is 0 Å². The largest absolute Gasteiger partial charge is 0.496 e. The number of furan rings is 1. The minimum absolute atomic E-state index is 0.00614. The minimum Gasteiger partial charge on any atom is -0.496 e. The first-order valence-electron chi connectivity index (χ1n) is 9.05. The molecule has 0 aliphatic carbocycles. The first kappa shape index (κ1) is 19.4. The minimum atomic E-state index is -0.303. The van der Waals surface area contributed by atoms with Gasteiger partial charge >= 0.3 is 0 Å². The number of aryl methyl sites for hydroxylation is 1. The van der Waals surface area contributed by atoms with Gasteiger partial charge in [0.1, 0.15) is 11.5 Å². The molecule has 1 atom stereocenters. The Morgan fingerprint density at radius 3 is 2.39 bits per heavy atom. The van der Waals surface area contributed by atoms with Crippen molar-refractivity contribution < 1.29 is 18.7 Å². The van der Waals surface area contributed by atoms with Crippen molar-refractivity contribution in [3.63, 3.8) is 0 Å². The van der Waals surface area contributed by atoms with Crippen LogP contribution in [0.3, 0.4) is 0 Å². The fourth-order valence-corrected chi connectivity index (χ4v) is 3.02. The van der Waals surface area contributed by atoms with E-state index in [9.17, 15) is 9.59 Å². The summed E-state index contributed by atoms with van der Waals surface area (Å²) in [7, 11) is 1.61. The Hall–Kier alpha value is -3.34. The van der Waals surface area contributed by atoms with E-state index in [1.54, 1.807) is 43.5 Å². The molecule has 2 aromatic carbocycles. The van der Waals surface area contributed by atoms with Gasteiger partial charge in [-0.05, 0) is 39.0 Å². The maximum Gasteiger partial charge on any atom is 0.287 e. The van der Waals surface area contributed by atoms with E-state index in [0.29, 0.717) is 11.3 Å². The molecule has 0 fully saturated rings. The van der Waals surface area contributed by atoms with Gasteiger partial charge in [-0.3, -0.25) is 9.59 Å². The molecule has 5 heteroatoms. The van der Waals surface area contributed by atoms with E-state index in [4.69, 9.17) is 9.15 Å². The maximum atomic E-state index is 12.6. The summed E-state index contributed by atoms with van der Waals surface area (Å²) in [5.41, 5.74) is 3.43. The third-order valence-electron chi connectivity index (χ3n) is 4.61. The lowest BCUT2D eigenvalue weighted by atomic mass is 10.0. The number of Topliss-reactive ketones (excluding diaryl/α,β-unsaturated/α-hetero) is 1. The van der Waals surface area contributed by atoms with Gasteiger partial charge in [-0.1, -0.05) is 42.0 Å². The summed E-state index contributed by atoms with van der Waals surface area (Å²) < 4.78 is 11.1. The Bertz CT molecular complexity index is 1000. The van der Waals surface area contributed by atoms with Crippen molar-refractivity contribution in [2.75, 3.05) is 7.11 Å². The summed E-state index contributed by atoms with van der Waals surface area (Å²) in [6, 6.07) is 16.1. The Morgan fingerprint density at radius 1 is 1.04 bits per heavy atom. The zero-order chi connectivity index (χ0) is 20.3. The number of rotatable bonds is 6. The molecule has 1 N–H and O–H groups in total. The highest BCUT2D eigenvalue weighted by Crippen LogP contribution is 2.27. The lowest BCUT2D eigenvalue weighted by Crippen LogP contribution is -2.26. The van der Waals surface area contributed by atoms with E-state index in [0.717, 1.165) is 22.4 Å². The summed E-state index contributed by atoms with van der Waals surface area (Å²) in [6.45, 7) is 5.42. The number of carbonyl (C=O) groups excluding carboxylic acids is 2. The highest BCUT2D eigenvalue weighted by atomic mass is 16.5. The number of hydrogen-bond acceptors (Lipinski definition) is 4. The van der Waals surface area contributed by atoms with Crippen LogP contribution in [0.2, 0.25) is 0 Å². The van der Waals surface area contributed by atoms with E-state index in [1.165, 1.54) is 6.92 Å². The molecule has 28 heavy (non-hydrogen) atoms. The van der Waals surface area contributed by atoms with Gasteiger partial charge in [0.05, 0.1) is 13.2 Å². The second-order valence-electron chi connectivity index (χ2n) is 6.74. The van der Waals surface area contributed by atoms with Crippen LogP contribution in [0.4, 0.5) is 0 Å². The van der Waals surface area contributed by atoms with Crippen molar-refractivity contribution in [2.24, 2.45) is 0 Å². The quantitative estimate of drug-likeness (QED) is 0.617. The SMILES string of the molecule is COc1ccc(C)cc1C(C)NC(=O)c1ccc(-c2ccc(C(C)=O)cc2)o1. The molecular formula is C23H23NO4. The molecule has 0 saturated heterocycles. The number of methoxy groups -OCH3 is 1. The molecule has 0 spiro atoms. The van der Waals surface area contributed by atoms with Crippen LogP contribution in [0.5, 0.6) is 5.75 Å². The monoisotopic (exact) mass is 377 g/mol. The van der Waals surface area contributed by atoms with E-state index < -0.39 is 0 Å². The van der Waals surface area contributed by atoms with Crippen LogP contribution in [0.25, 0.3) is 11.3 Å². The van der Waals surface area contributed by atoms with Crippen molar-refractivity contribution >= 4 is 11.7 Å². The third-order valence-corrected chi connectivity index (χ3v) is 4.61.